The minimum Gasteiger partial charge on any atom is -0.374 e. The first-order valence-electron chi connectivity index (χ1n) is 7.78. The van der Waals surface area contributed by atoms with Crippen LogP contribution >= 0.6 is 0 Å². The fourth-order valence-electron chi connectivity index (χ4n) is 2.70. The Bertz CT molecular complexity index is 742. The molecule has 0 saturated heterocycles. The van der Waals surface area contributed by atoms with Gasteiger partial charge in [0.25, 0.3) is 12.3 Å². The zero-order chi connectivity index (χ0) is 17.1. The minimum atomic E-state index is -2.50. The molecule has 1 unspecified atom stereocenters. The first kappa shape index (κ1) is 16.2. The number of anilines is 1. The summed E-state index contributed by atoms with van der Waals surface area (Å²) in [5.41, 5.74) is 2.19. The van der Waals surface area contributed by atoms with Crippen LogP contribution in [-0.4, -0.2) is 12.5 Å². The Morgan fingerprint density at radius 1 is 1.00 bits per heavy atom. The summed E-state index contributed by atoms with van der Waals surface area (Å²) in [6, 6.07) is 15.7. The number of nitrogens with zero attached hydrogens (tertiary/aromatic N) is 1. The summed E-state index contributed by atoms with van der Waals surface area (Å²) in [5.74, 6) is -0.150. The van der Waals surface area contributed by atoms with Gasteiger partial charge >= 0.3 is 0 Å². The average molecular weight is 328 g/mol. The molecule has 2 aromatic rings. The smallest absolute Gasteiger partial charge is 0.274 e. The zero-order valence-corrected chi connectivity index (χ0v) is 13.2. The standard InChI is InChI=1S/C19H18F2N2O/c1-13(14-5-3-2-4-6-14)22-17-11-12-23(19(17)24)16-9-7-15(8-10-16)18(20)21/h2-11,13,18,22H,12H2,1H3. The van der Waals surface area contributed by atoms with Gasteiger partial charge in [-0.3, -0.25) is 4.79 Å². The third kappa shape index (κ3) is 3.30. The van der Waals surface area contributed by atoms with E-state index in [9.17, 15) is 13.6 Å². The molecule has 1 heterocycles. The molecule has 5 heteroatoms. The minimum absolute atomic E-state index is 0.00237. The van der Waals surface area contributed by atoms with E-state index in [0.717, 1.165) is 5.56 Å². The Labute approximate surface area is 139 Å². The van der Waals surface area contributed by atoms with Gasteiger partial charge in [-0.15, -0.1) is 0 Å². The third-order valence-electron chi connectivity index (χ3n) is 4.08. The van der Waals surface area contributed by atoms with E-state index >= 15 is 0 Å². The van der Waals surface area contributed by atoms with E-state index in [1.54, 1.807) is 17.0 Å². The van der Waals surface area contributed by atoms with E-state index in [1.165, 1.54) is 12.1 Å². The van der Waals surface area contributed by atoms with Crippen LogP contribution < -0.4 is 10.2 Å². The summed E-state index contributed by atoms with van der Waals surface area (Å²) in [7, 11) is 0. The Hall–Kier alpha value is -2.69. The summed E-state index contributed by atoms with van der Waals surface area (Å²) >= 11 is 0. The Morgan fingerprint density at radius 3 is 2.29 bits per heavy atom. The molecule has 0 spiro atoms. The molecule has 1 amide bonds. The fraction of sp³-hybridized carbons (Fsp3) is 0.211. The molecular formula is C19H18F2N2O. The lowest BCUT2D eigenvalue weighted by atomic mass is 10.1. The van der Waals surface area contributed by atoms with Crippen molar-refractivity contribution >= 4 is 11.6 Å². The van der Waals surface area contributed by atoms with Crippen molar-refractivity contribution in [1.82, 2.24) is 5.32 Å². The Morgan fingerprint density at radius 2 is 1.67 bits per heavy atom. The number of hydrogen-bond acceptors (Lipinski definition) is 2. The predicted octanol–water partition coefficient (Wildman–Crippen LogP) is 4.21. The first-order valence-corrected chi connectivity index (χ1v) is 7.78. The highest BCUT2D eigenvalue weighted by Gasteiger charge is 2.26. The lowest BCUT2D eigenvalue weighted by molar-refractivity contribution is -0.114. The quantitative estimate of drug-likeness (QED) is 0.892. The maximum atomic E-state index is 12.6. The molecule has 0 aromatic heterocycles. The highest BCUT2D eigenvalue weighted by atomic mass is 19.3. The largest absolute Gasteiger partial charge is 0.374 e. The molecular weight excluding hydrogens is 310 g/mol. The monoisotopic (exact) mass is 328 g/mol. The van der Waals surface area contributed by atoms with Crippen LogP contribution in [0.1, 0.15) is 30.5 Å². The normalized spacial score (nSPS) is 15.6. The van der Waals surface area contributed by atoms with Gasteiger partial charge in [-0.1, -0.05) is 42.5 Å². The van der Waals surface area contributed by atoms with Gasteiger partial charge < -0.3 is 10.2 Å². The summed E-state index contributed by atoms with van der Waals surface area (Å²) in [6.45, 7) is 2.42. The van der Waals surface area contributed by atoms with Crippen molar-refractivity contribution in [2.75, 3.05) is 11.4 Å². The maximum Gasteiger partial charge on any atom is 0.274 e. The molecule has 3 rings (SSSR count). The van der Waals surface area contributed by atoms with E-state index in [0.29, 0.717) is 17.9 Å². The van der Waals surface area contributed by atoms with Gasteiger partial charge in [0.2, 0.25) is 0 Å². The van der Waals surface area contributed by atoms with Crippen LogP contribution in [0.2, 0.25) is 0 Å². The van der Waals surface area contributed by atoms with Gasteiger partial charge in [-0.2, -0.15) is 0 Å². The molecule has 0 aliphatic carbocycles. The molecule has 124 valence electrons. The molecule has 0 radical (unpaired) electrons. The molecule has 0 fully saturated rings. The molecule has 2 aromatic carbocycles. The fourth-order valence-corrected chi connectivity index (χ4v) is 2.70. The second kappa shape index (κ2) is 6.83. The van der Waals surface area contributed by atoms with Crippen molar-refractivity contribution in [1.29, 1.82) is 0 Å². The van der Waals surface area contributed by atoms with Crippen LogP contribution in [-0.2, 0) is 4.79 Å². The SMILES string of the molecule is CC(NC1=CCN(c2ccc(C(F)F)cc2)C1=O)c1ccccc1. The van der Waals surface area contributed by atoms with Gasteiger partial charge in [0, 0.05) is 23.8 Å². The van der Waals surface area contributed by atoms with Crippen LogP contribution in [0.4, 0.5) is 14.5 Å². The van der Waals surface area contributed by atoms with Crippen LogP contribution in [0.25, 0.3) is 0 Å². The van der Waals surface area contributed by atoms with Crippen molar-refractivity contribution in [2.45, 2.75) is 19.4 Å². The predicted molar refractivity (Wildman–Crippen MR) is 89.8 cm³/mol. The molecule has 1 atom stereocenters. The van der Waals surface area contributed by atoms with Crippen LogP contribution in [0.15, 0.2) is 66.4 Å². The van der Waals surface area contributed by atoms with Gasteiger partial charge in [-0.05, 0) is 30.7 Å². The number of amides is 1. The van der Waals surface area contributed by atoms with Crippen LogP contribution in [0.5, 0.6) is 0 Å². The highest BCUT2D eigenvalue weighted by molar-refractivity contribution is 6.07. The van der Waals surface area contributed by atoms with E-state index in [1.807, 2.05) is 43.3 Å². The van der Waals surface area contributed by atoms with Gasteiger partial charge in [-0.25, -0.2) is 8.78 Å². The Kier molecular flexibility index (Phi) is 4.60. The van der Waals surface area contributed by atoms with Gasteiger partial charge in [0.1, 0.15) is 0 Å². The van der Waals surface area contributed by atoms with Crippen LogP contribution in [0.3, 0.4) is 0 Å². The zero-order valence-electron chi connectivity index (χ0n) is 13.2. The van der Waals surface area contributed by atoms with Crippen molar-refractivity contribution in [2.24, 2.45) is 0 Å². The summed E-state index contributed by atoms with van der Waals surface area (Å²) in [6.07, 6.45) is -0.682. The molecule has 0 saturated carbocycles. The lowest BCUT2D eigenvalue weighted by Crippen LogP contribution is -2.31. The second-order valence-electron chi connectivity index (χ2n) is 5.70. The van der Waals surface area contributed by atoms with Gasteiger partial charge in [0.15, 0.2) is 0 Å². The van der Waals surface area contributed by atoms with Crippen LogP contribution in [0, 0.1) is 0 Å². The Balaban J connectivity index is 1.68. The summed E-state index contributed by atoms with van der Waals surface area (Å²) < 4.78 is 25.2. The van der Waals surface area contributed by atoms with Crippen molar-refractivity contribution < 1.29 is 13.6 Å². The summed E-state index contributed by atoms with van der Waals surface area (Å²) in [4.78, 5) is 14.1. The van der Waals surface area contributed by atoms with E-state index in [-0.39, 0.29) is 17.5 Å². The second-order valence-corrected chi connectivity index (χ2v) is 5.70. The maximum absolute atomic E-state index is 12.6. The number of halogens is 2. The van der Waals surface area contributed by atoms with E-state index < -0.39 is 6.43 Å². The molecule has 3 nitrogen and oxygen atoms in total. The molecule has 1 aliphatic rings. The van der Waals surface area contributed by atoms with E-state index in [2.05, 4.69) is 5.32 Å². The van der Waals surface area contributed by atoms with E-state index in [4.69, 9.17) is 0 Å². The van der Waals surface area contributed by atoms with Crippen molar-refractivity contribution in [3.8, 4) is 0 Å². The number of alkyl halides is 2. The number of hydrogen-bond donors (Lipinski definition) is 1. The molecule has 24 heavy (non-hydrogen) atoms. The van der Waals surface area contributed by atoms with Crippen molar-refractivity contribution in [3.05, 3.63) is 77.5 Å². The number of carbonyl (C=O) groups excluding carboxylic acids is 1. The summed E-state index contributed by atoms with van der Waals surface area (Å²) in [5, 5.41) is 3.22. The molecule has 1 N–H and O–H groups in total. The first-order chi connectivity index (χ1) is 11.6. The molecule has 1 aliphatic heterocycles. The van der Waals surface area contributed by atoms with Gasteiger partial charge in [0.05, 0.1) is 5.70 Å². The van der Waals surface area contributed by atoms with Crippen molar-refractivity contribution in [3.63, 3.8) is 0 Å². The highest BCUT2D eigenvalue weighted by Crippen LogP contribution is 2.25. The number of carbonyl (C=O) groups is 1. The number of nitrogens with one attached hydrogen (secondary N) is 1. The third-order valence-corrected chi connectivity index (χ3v) is 4.08. The lowest BCUT2D eigenvalue weighted by Gasteiger charge is -2.19. The number of rotatable bonds is 5. The topological polar surface area (TPSA) is 32.3 Å². The molecule has 0 bridgehead atoms. The number of benzene rings is 2. The average Bonchev–Trinajstić information content (AvgIpc) is 2.96.